The first-order chi connectivity index (χ1) is 7.83. The van der Waals surface area contributed by atoms with Crippen LogP contribution in [-0.2, 0) is 0 Å². The van der Waals surface area contributed by atoms with Crippen LogP contribution >= 0.6 is 0 Å². The Morgan fingerprint density at radius 2 is 2.00 bits per heavy atom. The molecule has 0 saturated carbocycles. The molecule has 2 rings (SSSR count). The first kappa shape index (κ1) is 10.6. The maximum absolute atomic E-state index is 8.71. The van der Waals surface area contributed by atoms with Crippen LogP contribution in [0, 0.1) is 0 Å². The number of aliphatic hydroxyl groups excluding tert-OH is 1. The third-order valence-electron chi connectivity index (χ3n) is 2.45. The molecule has 3 nitrogen and oxygen atoms in total. The molecule has 0 aliphatic heterocycles. The molecule has 0 bridgehead atoms. The summed E-state index contributed by atoms with van der Waals surface area (Å²) in [5.41, 5.74) is 6.83. The highest BCUT2D eigenvalue weighted by Crippen LogP contribution is 2.23. The number of fused-ring (bicyclic) bond motifs is 1. The minimum absolute atomic E-state index is 0.164. The molecule has 0 unspecified atom stereocenters. The average molecular weight is 214 g/mol. The summed E-state index contributed by atoms with van der Waals surface area (Å²) in [6.07, 6.45) is 6.30. The molecule has 0 aliphatic rings. The molecule has 0 aliphatic carbocycles. The quantitative estimate of drug-likeness (QED) is 0.823. The number of nitrogens with two attached hydrogens (primary N) is 1. The summed E-state index contributed by atoms with van der Waals surface area (Å²) in [6, 6.07) is 7.90. The van der Waals surface area contributed by atoms with E-state index in [1.165, 1.54) is 0 Å². The van der Waals surface area contributed by atoms with Crippen molar-refractivity contribution >= 4 is 22.7 Å². The molecule has 3 N–H and O–H groups in total. The van der Waals surface area contributed by atoms with E-state index in [1.807, 2.05) is 36.4 Å². The summed E-state index contributed by atoms with van der Waals surface area (Å²) in [6.45, 7) is 0.164. The van der Waals surface area contributed by atoms with Gasteiger partial charge in [-0.2, -0.15) is 0 Å². The number of aromatic nitrogens is 1. The van der Waals surface area contributed by atoms with Gasteiger partial charge in [0.2, 0.25) is 0 Å². The Kier molecular flexibility index (Phi) is 3.17. The topological polar surface area (TPSA) is 59.1 Å². The third kappa shape index (κ3) is 2.04. The number of benzene rings is 1. The van der Waals surface area contributed by atoms with E-state index in [0.29, 0.717) is 12.2 Å². The first-order valence-electron chi connectivity index (χ1n) is 5.23. The van der Waals surface area contributed by atoms with Gasteiger partial charge in [-0.1, -0.05) is 36.4 Å². The maximum atomic E-state index is 8.71. The number of hydrogen-bond acceptors (Lipinski definition) is 3. The fourth-order valence-corrected chi connectivity index (χ4v) is 1.65. The first-order valence-corrected chi connectivity index (χ1v) is 5.23. The molecule has 82 valence electrons. The molecule has 0 radical (unpaired) electrons. The van der Waals surface area contributed by atoms with E-state index in [0.717, 1.165) is 16.3 Å². The van der Waals surface area contributed by atoms with Crippen LogP contribution in [0.5, 0.6) is 0 Å². The lowest BCUT2D eigenvalue weighted by Crippen LogP contribution is -1.92. The Hall–Kier alpha value is -1.87. The summed E-state index contributed by atoms with van der Waals surface area (Å²) in [7, 11) is 0. The van der Waals surface area contributed by atoms with Crippen molar-refractivity contribution < 1.29 is 5.11 Å². The van der Waals surface area contributed by atoms with Crippen molar-refractivity contribution in [1.29, 1.82) is 0 Å². The van der Waals surface area contributed by atoms with Gasteiger partial charge in [0.1, 0.15) is 5.82 Å². The Morgan fingerprint density at radius 3 is 2.75 bits per heavy atom. The van der Waals surface area contributed by atoms with Crippen molar-refractivity contribution in [2.45, 2.75) is 6.42 Å². The van der Waals surface area contributed by atoms with Crippen molar-refractivity contribution in [2.75, 3.05) is 12.3 Å². The highest BCUT2D eigenvalue weighted by atomic mass is 16.2. The minimum atomic E-state index is 0.164. The molecule has 0 saturated heterocycles. The lowest BCUT2D eigenvalue weighted by atomic mass is 10.1. The summed E-state index contributed by atoms with van der Waals surface area (Å²) in [5.74, 6) is 0.551. The van der Waals surface area contributed by atoms with Crippen LogP contribution in [0.25, 0.3) is 16.8 Å². The van der Waals surface area contributed by atoms with E-state index in [9.17, 15) is 0 Å². The van der Waals surface area contributed by atoms with Gasteiger partial charge in [-0.05, 0) is 11.8 Å². The zero-order chi connectivity index (χ0) is 11.4. The van der Waals surface area contributed by atoms with Crippen molar-refractivity contribution in [3.8, 4) is 0 Å². The van der Waals surface area contributed by atoms with Crippen LogP contribution in [0.1, 0.15) is 12.0 Å². The van der Waals surface area contributed by atoms with Crippen LogP contribution in [0.4, 0.5) is 5.82 Å². The molecule has 16 heavy (non-hydrogen) atoms. The zero-order valence-electron chi connectivity index (χ0n) is 8.93. The Morgan fingerprint density at radius 1 is 1.25 bits per heavy atom. The standard InChI is InChI=1S/C13H14N2O/c14-13-12-7-2-1-6-11(12)10(9-15-13)5-3-4-8-16/h1-3,5-7,9,16H,4,8H2,(H2,14,15). The molecular formula is C13H14N2O. The molecule has 0 spiro atoms. The van der Waals surface area contributed by atoms with Gasteiger partial charge < -0.3 is 10.8 Å². The Balaban J connectivity index is 2.50. The van der Waals surface area contributed by atoms with Crippen molar-refractivity contribution in [2.24, 2.45) is 0 Å². The van der Waals surface area contributed by atoms with Crippen LogP contribution in [0.2, 0.25) is 0 Å². The monoisotopic (exact) mass is 214 g/mol. The number of aliphatic hydroxyl groups is 1. The molecule has 1 aromatic heterocycles. The van der Waals surface area contributed by atoms with Crippen molar-refractivity contribution in [1.82, 2.24) is 4.98 Å². The molecular weight excluding hydrogens is 200 g/mol. The van der Waals surface area contributed by atoms with Gasteiger partial charge in [0, 0.05) is 23.8 Å². The second kappa shape index (κ2) is 4.77. The number of pyridine rings is 1. The minimum Gasteiger partial charge on any atom is -0.396 e. The van der Waals surface area contributed by atoms with Gasteiger partial charge in [0.15, 0.2) is 0 Å². The Labute approximate surface area is 94.2 Å². The van der Waals surface area contributed by atoms with Crippen LogP contribution in [0.15, 0.2) is 36.5 Å². The van der Waals surface area contributed by atoms with Crippen molar-refractivity contribution in [3.05, 3.63) is 42.1 Å². The smallest absolute Gasteiger partial charge is 0.131 e. The highest BCUT2D eigenvalue weighted by molar-refractivity contribution is 5.96. The van der Waals surface area contributed by atoms with E-state index >= 15 is 0 Å². The fraction of sp³-hybridized carbons (Fsp3) is 0.154. The number of nitrogens with zero attached hydrogens (tertiary/aromatic N) is 1. The van der Waals surface area contributed by atoms with Crippen molar-refractivity contribution in [3.63, 3.8) is 0 Å². The highest BCUT2D eigenvalue weighted by Gasteiger charge is 2.01. The van der Waals surface area contributed by atoms with E-state index < -0.39 is 0 Å². The average Bonchev–Trinajstić information content (AvgIpc) is 2.33. The van der Waals surface area contributed by atoms with E-state index in [2.05, 4.69) is 4.98 Å². The normalized spacial score (nSPS) is 11.3. The molecule has 2 aromatic rings. The summed E-state index contributed by atoms with van der Waals surface area (Å²) < 4.78 is 0. The second-order valence-corrected chi connectivity index (χ2v) is 3.56. The lowest BCUT2D eigenvalue weighted by molar-refractivity contribution is 0.303. The summed E-state index contributed by atoms with van der Waals surface area (Å²) in [5, 5.41) is 10.8. The molecule has 0 atom stereocenters. The lowest BCUT2D eigenvalue weighted by Gasteiger charge is -2.04. The summed E-state index contributed by atoms with van der Waals surface area (Å²) in [4.78, 5) is 4.15. The SMILES string of the molecule is Nc1ncc(C=CCCO)c2ccccc12. The number of nitrogen functional groups attached to an aromatic ring is 1. The molecule has 0 amide bonds. The molecule has 3 heteroatoms. The van der Waals surface area contributed by atoms with Crippen LogP contribution in [-0.4, -0.2) is 16.7 Å². The van der Waals surface area contributed by atoms with Gasteiger partial charge in [0.25, 0.3) is 0 Å². The number of anilines is 1. The van der Waals surface area contributed by atoms with Gasteiger partial charge in [-0.3, -0.25) is 0 Å². The van der Waals surface area contributed by atoms with Gasteiger partial charge >= 0.3 is 0 Å². The largest absolute Gasteiger partial charge is 0.396 e. The Bertz CT molecular complexity index is 520. The van der Waals surface area contributed by atoms with E-state index in [-0.39, 0.29) is 6.61 Å². The predicted molar refractivity (Wildman–Crippen MR) is 66.9 cm³/mol. The third-order valence-corrected chi connectivity index (χ3v) is 2.45. The molecule has 0 fully saturated rings. The number of rotatable bonds is 3. The number of hydrogen-bond donors (Lipinski definition) is 2. The van der Waals surface area contributed by atoms with Crippen LogP contribution in [0.3, 0.4) is 0 Å². The summed E-state index contributed by atoms with van der Waals surface area (Å²) >= 11 is 0. The van der Waals surface area contributed by atoms with Gasteiger partial charge in [-0.25, -0.2) is 4.98 Å². The van der Waals surface area contributed by atoms with Crippen LogP contribution < -0.4 is 5.73 Å². The molecule has 1 aromatic carbocycles. The predicted octanol–water partition coefficient (Wildman–Crippen LogP) is 2.21. The fourth-order valence-electron chi connectivity index (χ4n) is 1.65. The van der Waals surface area contributed by atoms with Gasteiger partial charge in [-0.15, -0.1) is 0 Å². The zero-order valence-corrected chi connectivity index (χ0v) is 8.93. The maximum Gasteiger partial charge on any atom is 0.131 e. The molecule has 1 heterocycles. The van der Waals surface area contributed by atoms with E-state index in [1.54, 1.807) is 6.20 Å². The van der Waals surface area contributed by atoms with E-state index in [4.69, 9.17) is 10.8 Å². The second-order valence-electron chi connectivity index (χ2n) is 3.56. The van der Waals surface area contributed by atoms with Gasteiger partial charge in [0.05, 0.1) is 0 Å².